The molecule has 1 N–H and O–H groups in total. The van der Waals surface area contributed by atoms with Crippen molar-refractivity contribution in [2.24, 2.45) is 4.99 Å². The molecule has 0 unspecified atom stereocenters. The largest absolute Gasteiger partial charge is 0.356 e. The van der Waals surface area contributed by atoms with Gasteiger partial charge in [0, 0.05) is 75.8 Å². The maximum absolute atomic E-state index is 4.49. The van der Waals surface area contributed by atoms with Crippen molar-refractivity contribution in [3.8, 4) is 0 Å². The lowest BCUT2D eigenvalue weighted by Crippen LogP contribution is -2.51. The number of nitrogens with one attached hydrogen (secondary N) is 1. The van der Waals surface area contributed by atoms with Gasteiger partial charge in [-0.15, -0.1) is 24.0 Å². The van der Waals surface area contributed by atoms with Crippen molar-refractivity contribution in [3.63, 3.8) is 0 Å². The Labute approximate surface area is 190 Å². The number of nitrogens with zero attached hydrogens (tertiary/aromatic N) is 6. The zero-order valence-corrected chi connectivity index (χ0v) is 20.4. The van der Waals surface area contributed by atoms with Crippen molar-refractivity contribution in [3.05, 3.63) is 18.5 Å². The van der Waals surface area contributed by atoms with E-state index in [1.54, 1.807) is 0 Å². The first kappa shape index (κ1) is 23.5. The van der Waals surface area contributed by atoms with Crippen molar-refractivity contribution in [1.29, 1.82) is 0 Å². The van der Waals surface area contributed by atoms with Gasteiger partial charge in [0.1, 0.15) is 0 Å². The van der Waals surface area contributed by atoms with Crippen LogP contribution in [-0.2, 0) is 0 Å². The highest BCUT2D eigenvalue weighted by molar-refractivity contribution is 14.0. The van der Waals surface area contributed by atoms with Crippen LogP contribution in [0.5, 0.6) is 0 Å². The number of aliphatic imine (C=N–C) groups is 1. The molecule has 2 saturated heterocycles. The van der Waals surface area contributed by atoms with Crippen LogP contribution in [0.1, 0.15) is 20.3 Å². The molecule has 0 spiro atoms. The Kier molecular flexibility index (Phi) is 9.55. The van der Waals surface area contributed by atoms with Crippen LogP contribution in [0.2, 0.25) is 0 Å². The van der Waals surface area contributed by atoms with Gasteiger partial charge in [-0.1, -0.05) is 0 Å². The predicted molar refractivity (Wildman–Crippen MR) is 130 cm³/mol. The summed E-state index contributed by atoms with van der Waals surface area (Å²) in [4.78, 5) is 20.4. The van der Waals surface area contributed by atoms with Crippen LogP contribution in [0.4, 0.5) is 5.95 Å². The van der Waals surface area contributed by atoms with Gasteiger partial charge in [0.2, 0.25) is 5.95 Å². The summed E-state index contributed by atoms with van der Waals surface area (Å²) in [6, 6.07) is 1.87. The summed E-state index contributed by atoms with van der Waals surface area (Å²) >= 11 is 2.05. The number of halogens is 1. The van der Waals surface area contributed by atoms with Gasteiger partial charge in [0.25, 0.3) is 0 Å². The predicted octanol–water partition coefficient (Wildman–Crippen LogP) is 2.01. The van der Waals surface area contributed by atoms with Crippen molar-refractivity contribution < 1.29 is 0 Å². The number of thioether (sulfide) groups is 1. The Hall–Kier alpha value is -0.810. The average Bonchev–Trinajstić information content (AvgIpc) is 2.68. The summed E-state index contributed by atoms with van der Waals surface area (Å²) in [5, 5.41) is 3.56. The number of aromatic nitrogens is 2. The zero-order valence-electron chi connectivity index (χ0n) is 17.3. The molecular formula is C19H34IN7S. The Morgan fingerprint density at radius 1 is 1.18 bits per heavy atom. The molecule has 28 heavy (non-hydrogen) atoms. The zero-order chi connectivity index (χ0) is 19.1. The molecule has 1 aromatic heterocycles. The van der Waals surface area contributed by atoms with Crippen LogP contribution in [-0.4, -0.2) is 95.6 Å². The molecule has 2 fully saturated rings. The Morgan fingerprint density at radius 3 is 2.54 bits per heavy atom. The lowest BCUT2D eigenvalue weighted by molar-refractivity contribution is 0.253. The number of hydrogen-bond donors (Lipinski definition) is 1. The number of hydrogen-bond acceptors (Lipinski definition) is 6. The van der Waals surface area contributed by atoms with E-state index in [9.17, 15) is 0 Å². The van der Waals surface area contributed by atoms with Gasteiger partial charge in [-0.05, 0) is 32.9 Å². The van der Waals surface area contributed by atoms with E-state index in [-0.39, 0.29) is 24.0 Å². The molecule has 2 aliphatic heterocycles. The van der Waals surface area contributed by atoms with Crippen LogP contribution in [0, 0.1) is 0 Å². The minimum absolute atomic E-state index is 0. The second-order valence-electron chi connectivity index (χ2n) is 7.73. The van der Waals surface area contributed by atoms with Crippen LogP contribution in [0.15, 0.2) is 23.5 Å². The molecule has 1 aromatic rings. The van der Waals surface area contributed by atoms with E-state index in [0.717, 1.165) is 70.7 Å². The Morgan fingerprint density at radius 2 is 1.89 bits per heavy atom. The maximum Gasteiger partial charge on any atom is 0.225 e. The van der Waals surface area contributed by atoms with Crippen molar-refractivity contribution >= 4 is 47.6 Å². The lowest BCUT2D eigenvalue weighted by atomic mass is 10.2. The third-order valence-corrected chi connectivity index (χ3v) is 6.38. The van der Waals surface area contributed by atoms with Gasteiger partial charge in [0.05, 0.1) is 0 Å². The molecule has 2 aliphatic rings. The molecule has 0 saturated carbocycles. The van der Waals surface area contributed by atoms with E-state index in [1.807, 2.05) is 25.5 Å². The van der Waals surface area contributed by atoms with E-state index in [1.165, 1.54) is 5.75 Å². The monoisotopic (exact) mass is 519 g/mol. The van der Waals surface area contributed by atoms with Gasteiger partial charge in [-0.2, -0.15) is 11.8 Å². The normalized spacial score (nSPS) is 20.6. The molecule has 0 aromatic carbocycles. The summed E-state index contributed by atoms with van der Waals surface area (Å²) in [7, 11) is 1.89. The van der Waals surface area contributed by atoms with Crippen LogP contribution in [0.25, 0.3) is 0 Å². The van der Waals surface area contributed by atoms with E-state index < -0.39 is 0 Å². The summed E-state index contributed by atoms with van der Waals surface area (Å²) in [6.07, 6.45) is 4.76. The first-order chi connectivity index (χ1) is 13.1. The summed E-state index contributed by atoms with van der Waals surface area (Å²) in [5.41, 5.74) is 0. The van der Waals surface area contributed by atoms with Crippen molar-refractivity contribution in [1.82, 2.24) is 25.1 Å². The molecule has 0 radical (unpaired) electrons. The van der Waals surface area contributed by atoms with Gasteiger partial charge in [-0.3, -0.25) is 9.89 Å². The van der Waals surface area contributed by atoms with Crippen LogP contribution in [0.3, 0.4) is 0 Å². The van der Waals surface area contributed by atoms with Gasteiger partial charge >= 0.3 is 0 Å². The third kappa shape index (κ3) is 6.91. The number of anilines is 1. The Balaban J connectivity index is 0.00000280. The molecule has 0 atom stereocenters. The number of rotatable bonds is 5. The third-order valence-electron chi connectivity index (χ3n) is 5.08. The molecule has 0 aliphatic carbocycles. The molecule has 0 bridgehead atoms. The smallest absolute Gasteiger partial charge is 0.225 e. The number of guanidine groups is 1. The average molecular weight is 520 g/mol. The fourth-order valence-corrected chi connectivity index (χ4v) is 4.77. The summed E-state index contributed by atoms with van der Waals surface area (Å²) < 4.78 is 0.304. The fraction of sp³-hybridized carbons (Fsp3) is 0.737. The van der Waals surface area contributed by atoms with Gasteiger partial charge in [-0.25, -0.2) is 9.97 Å². The lowest BCUT2D eigenvalue weighted by Gasteiger charge is -2.39. The quantitative estimate of drug-likeness (QED) is 0.277. The highest BCUT2D eigenvalue weighted by Gasteiger charge is 2.28. The highest BCUT2D eigenvalue weighted by atomic mass is 127. The van der Waals surface area contributed by atoms with E-state index in [0.29, 0.717) is 4.75 Å². The van der Waals surface area contributed by atoms with Gasteiger partial charge < -0.3 is 15.1 Å². The minimum Gasteiger partial charge on any atom is -0.356 e. The van der Waals surface area contributed by atoms with Crippen molar-refractivity contribution in [2.75, 3.05) is 70.1 Å². The molecule has 3 rings (SSSR count). The van der Waals surface area contributed by atoms with Crippen molar-refractivity contribution in [2.45, 2.75) is 25.0 Å². The molecule has 0 amide bonds. The van der Waals surface area contributed by atoms with Gasteiger partial charge in [0.15, 0.2) is 5.96 Å². The topological polar surface area (TPSA) is 59.9 Å². The number of piperazine rings is 1. The second-order valence-corrected chi connectivity index (χ2v) is 9.54. The molecule has 9 heteroatoms. The van der Waals surface area contributed by atoms with E-state index in [2.05, 4.69) is 60.6 Å². The Bertz CT molecular complexity index is 606. The highest BCUT2D eigenvalue weighted by Crippen LogP contribution is 2.29. The van der Waals surface area contributed by atoms with E-state index in [4.69, 9.17) is 0 Å². The maximum atomic E-state index is 4.49. The first-order valence-electron chi connectivity index (χ1n) is 9.91. The summed E-state index contributed by atoms with van der Waals surface area (Å²) in [6.45, 7) is 13.0. The first-order valence-corrected chi connectivity index (χ1v) is 10.9. The standard InChI is InChI=1S/C19H33N7S.HI/c1-19(2)16-26(14-15-27-19)17(20-3)21-8-5-9-24-10-12-25(13-11-24)18-22-6-4-7-23-18;/h4,6-7H,5,8-16H2,1-3H3,(H,20,21);1H. The molecule has 158 valence electrons. The summed E-state index contributed by atoms with van der Waals surface area (Å²) in [5.74, 6) is 3.07. The minimum atomic E-state index is 0. The van der Waals surface area contributed by atoms with Crippen LogP contribution < -0.4 is 10.2 Å². The SMILES string of the molecule is CN=C(NCCCN1CCN(c2ncccn2)CC1)N1CCSC(C)(C)C1.I. The van der Waals surface area contributed by atoms with E-state index >= 15 is 0 Å². The second kappa shape index (κ2) is 11.4. The van der Waals surface area contributed by atoms with Crippen LogP contribution >= 0.6 is 35.7 Å². The fourth-order valence-electron chi connectivity index (χ4n) is 3.66. The molecular weight excluding hydrogens is 485 g/mol. The molecule has 3 heterocycles. The molecule has 7 nitrogen and oxygen atoms in total.